The Morgan fingerprint density at radius 3 is 2.66 bits per heavy atom. The number of nitrogens with one attached hydrogen (secondary N) is 1. The molecule has 1 aliphatic heterocycles. The molecule has 4 heterocycles. The molecular formula is C31H31N5O2. The van der Waals surface area contributed by atoms with Gasteiger partial charge in [-0.1, -0.05) is 42.5 Å². The first-order valence-electron chi connectivity index (χ1n) is 13.0. The second-order valence-electron chi connectivity index (χ2n) is 9.67. The summed E-state index contributed by atoms with van der Waals surface area (Å²) in [7, 11) is 1.67. The van der Waals surface area contributed by atoms with Crippen LogP contribution in [0.5, 0.6) is 5.75 Å². The second-order valence-corrected chi connectivity index (χ2v) is 9.67. The Hall–Kier alpha value is -4.36. The fraction of sp³-hybridized carbons (Fsp3) is 0.226. The van der Waals surface area contributed by atoms with Gasteiger partial charge >= 0.3 is 0 Å². The summed E-state index contributed by atoms with van der Waals surface area (Å²) in [5, 5.41) is 2.09. The molecule has 1 fully saturated rings. The first kappa shape index (κ1) is 24.0. The number of piperazine rings is 1. The number of carbonyl (C=O) groups excluding carboxylic acids is 1. The van der Waals surface area contributed by atoms with Crippen molar-refractivity contribution in [2.24, 2.45) is 0 Å². The van der Waals surface area contributed by atoms with Crippen molar-refractivity contribution in [2.45, 2.75) is 6.54 Å². The molecule has 192 valence electrons. The van der Waals surface area contributed by atoms with Gasteiger partial charge in [-0.15, -0.1) is 0 Å². The molecule has 1 N–H and O–H groups in total. The molecule has 1 aliphatic rings. The van der Waals surface area contributed by atoms with Gasteiger partial charge in [-0.2, -0.15) is 0 Å². The predicted octanol–water partition coefficient (Wildman–Crippen LogP) is 5.05. The van der Waals surface area contributed by atoms with Gasteiger partial charge in [-0.25, -0.2) is 4.98 Å². The standard InChI is InChI=1S/C31H31N5O2/c1-38-25-11-12-29-26(20-25)27(28-19-24-10-5-13-32-31(24)33-28)21-36(29)22-30(37)35-17-15-34(16-18-35)14-6-9-23-7-3-2-4-8-23/h2-13,19-21H,14-18,22H2,1H3,(H,32,33)/b9-6+. The molecule has 0 radical (unpaired) electrons. The molecule has 0 atom stereocenters. The number of fused-ring (bicyclic) bond motifs is 2. The van der Waals surface area contributed by atoms with Crippen molar-refractivity contribution in [1.82, 2.24) is 24.3 Å². The monoisotopic (exact) mass is 505 g/mol. The summed E-state index contributed by atoms with van der Waals surface area (Å²) in [5.74, 6) is 0.927. The molecule has 2 aromatic carbocycles. The van der Waals surface area contributed by atoms with Crippen LogP contribution in [-0.4, -0.2) is 70.1 Å². The van der Waals surface area contributed by atoms with Gasteiger partial charge in [0.15, 0.2) is 0 Å². The van der Waals surface area contributed by atoms with E-state index in [9.17, 15) is 4.79 Å². The Morgan fingerprint density at radius 1 is 1.03 bits per heavy atom. The Balaban J connectivity index is 1.16. The van der Waals surface area contributed by atoms with E-state index in [1.807, 2.05) is 41.3 Å². The van der Waals surface area contributed by atoms with Crippen LogP contribution >= 0.6 is 0 Å². The quantitative estimate of drug-likeness (QED) is 0.336. The molecule has 1 amide bonds. The van der Waals surface area contributed by atoms with Crippen molar-refractivity contribution in [3.05, 3.63) is 90.8 Å². The summed E-state index contributed by atoms with van der Waals surface area (Å²) >= 11 is 0. The third-order valence-corrected chi connectivity index (χ3v) is 7.27. The molecule has 7 heteroatoms. The van der Waals surface area contributed by atoms with Crippen LogP contribution in [0.3, 0.4) is 0 Å². The number of rotatable bonds is 7. The Kier molecular flexibility index (Phi) is 6.67. The molecule has 0 bridgehead atoms. The molecule has 3 aromatic heterocycles. The van der Waals surface area contributed by atoms with Crippen LogP contribution in [-0.2, 0) is 11.3 Å². The first-order chi connectivity index (χ1) is 18.7. The van der Waals surface area contributed by atoms with Gasteiger partial charge in [0.1, 0.15) is 17.9 Å². The van der Waals surface area contributed by atoms with Gasteiger partial charge in [0.05, 0.1) is 7.11 Å². The highest BCUT2D eigenvalue weighted by Crippen LogP contribution is 2.34. The number of pyridine rings is 1. The van der Waals surface area contributed by atoms with Crippen molar-refractivity contribution >= 4 is 33.9 Å². The number of hydrogen-bond acceptors (Lipinski definition) is 4. The molecular weight excluding hydrogens is 474 g/mol. The lowest BCUT2D eigenvalue weighted by Crippen LogP contribution is -2.49. The van der Waals surface area contributed by atoms with Crippen LogP contribution < -0.4 is 4.74 Å². The Bertz CT molecular complexity index is 1560. The lowest BCUT2D eigenvalue weighted by molar-refractivity contribution is -0.133. The maximum Gasteiger partial charge on any atom is 0.242 e. The van der Waals surface area contributed by atoms with E-state index in [1.165, 1.54) is 5.56 Å². The summed E-state index contributed by atoms with van der Waals surface area (Å²) < 4.78 is 7.56. The minimum atomic E-state index is 0.141. The number of nitrogens with zero attached hydrogens (tertiary/aromatic N) is 4. The number of methoxy groups -OCH3 is 1. The van der Waals surface area contributed by atoms with E-state index < -0.39 is 0 Å². The van der Waals surface area contributed by atoms with Gasteiger partial charge in [0.25, 0.3) is 0 Å². The van der Waals surface area contributed by atoms with Crippen molar-refractivity contribution in [3.8, 4) is 17.0 Å². The molecule has 6 rings (SSSR count). The van der Waals surface area contributed by atoms with Gasteiger partial charge < -0.3 is 19.2 Å². The highest BCUT2D eigenvalue weighted by atomic mass is 16.5. The summed E-state index contributed by atoms with van der Waals surface area (Å²) in [4.78, 5) is 25.6. The molecule has 5 aromatic rings. The zero-order valence-corrected chi connectivity index (χ0v) is 21.5. The average Bonchev–Trinajstić information content (AvgIpc) is 3.55. The number of H-pyrrole nitrogens is 1. The van der Waals surface area contributed by atoms with Crippen LogP contribution in [0.25, 0.3) is 39.3 Å². The van der Waals surface area contributed by atoms with E-state index in [1.54, 1.807) is 13.3 Å². The molecule has 0 spiro atoms. The summed E-state index contributed by atoms with van der Waals surface area (Å²) in [6.45, 7) is 4.43. The first-order valence-corrected chi connectivity index (χ1v) is 13.0. The van der Waals surface area contributed by atoms with Crippen LogP contribution in [0.15, 0.2) is 85.2 Å². The van der Waals surface area contributed by atoms with E-state index in [0.717, 1.165) is 71.7 Å². The van der Waals surface area contributed by atoms with Gasteiger partial charge in [-0.3, -0.25) is 9.69 Å². The minimum absolute atomic E-state index is 0.141. The van der Waals surface area contributed by atoms with E-state index in [4.69, 9.17) is 4.74 Å². The van der Waals surface area contributed by atoms with Crippen LogP contribution in [0, 0.1) is 0 Å². The summed E-state index contributed by atoms with van der Waals surface area (Å²) in [5.41, 5.74) is 5.06. The number of aromatic nitrogens is 3. The van der Waals surface area contributed by atoms with E-state index >= 15 is 0 Å². The maximum atomic E-state index is 13.4. The number of amides is 1. The molecule has 0 saturated carbocycles. The maximum absolute atomic E-state index is 13.4. The predicted molar refractivity (Wildman–Crippen MR) is 152 cm³/mol. The normalized spacial score (nSPS) is 14.6. The highest BCUT2D eigenvalue weighted by molar-refractivity contribution is 5.99. The Labute approximate surface area is 222 Å². The second kappa shape index (κ2) is 10.6. The van der Waals surface area contributed by atoms with Crippen molar-refractivity contribution in [2.75, 3.05) is 39.8 Å². The number of aromatic amines is 1. The summed E-state index contributed by atoms with van der Waals surface area (Å²) in [6.07, 6.45) is 8.21. The molecule has 38 heavy (non-hydrogen) atoms. The largest absolute Gasteiger partial charge is 0.497 e. The smallest absolute Gasteiger partial charge is 0.242 e. The molecule has 0 unspecified atom stereocenters. The van der Waals surface area contributed by atoms with E-state index in [2.05, 4.69) is 68.1 Å². The number of hydrogen-bond donors (Lipinski definition) is 1. The number of benzene rings is 2. The molecule has 0 aliphatic carbocycles. The van der Waals surface area contributed by atoms with Gasteiger partial charge in [0, 0.05) is 72.7 Å². The highest BCUT2D eigenvalue weighted by Gasteiger charge is 2.22. The summed E-state index contributed by atoms with van der Waals surface area (Å²) in [6, 6.07) is 22.4. The fourth-order valence-corrected chi connectivity index (χ4v) is 5.18. The van der Waals surface area contributed by atoms with Gasteiger partial charge in [0.2, 0.25) is 5.91 Å². The van der Waals surface area contributed by atoms with Gasteiger partial charge in [-0.05, 0) is 42.0 Å². The van der Waals surface area contributed by atoms with E-state index in [-0.39, 0.29) is 5.91 Å². The minimum Gasteiger partial charge on any atom is -0.497 e. The molecule has 1 saturated heterocycles. The lowest BCUT2D eigenvalue weighted by Gasteiger charge is -2.34. The molecule has 7 nitrogen and oxygen atoms in total. The van der Waals surface area contributed by atoms with Crippen LogP contribution in [0.4, 0.5) is 0 Å². The third kappa shape index (κ3) is 4.93. The lowest BCUT2D eigenvalue weighted by atomic mass is 10.1. The number of ether oxygens (including phenoxy) is 1. The number of carbonyl (C=O) groups is 1. The van der Waals surface area contributed by atoms with Crippen molar-refractivity contribution < 1.29 is 9.53 Å². The fourth-order valence-electron chi connectivity index (χ4n) is 5.18. The van der Waals surface area contributed by atoms with Crippen LogP contribution in [0.2, 0.25) is 0 Å². The van der Waals surface area contributed by atoms with Crippen molar-refractivity contribution in [1.29, 1.82) is 0 Å². The SMILES string of the molecule is COc1ccc2c(c1)c(-c1cc3cccnc3[nH]1)cn2CC(=O)N1CCN(C/C=C/c2ccccc2)CC1. The van der Waals surface area contributed by atoms with E-state index in [0.29, 0.717) is 6.54 Å². The average molecular weight is 506 g/mol. The van der Waals surface area contributed by atoms with Crippen LogP contribution in [0.1, 0.15) is 5.56 Å². The zero-order valence-electron chi connectivity index (χ0n) is 21.5. The third-order valence-electron chi connectivity index (χ3n) is 7.27. The Morgan fingerprint density at radius 2 is 1.87 bits per heavy atom. The zero-order chi connectivity index (χ0) is 25.9. The van der Waals surface area contributed by atoms with Crippen molar-refractivity contribution in [3.63, 3.8) is 0 Å². The topological polar surface area (TPSA) is 66.4 Å².